The number of aromatic amines is 2. The number of aliphatic hydroxyl groups is 3. The molecule has 0 spiro atoms. The normalized spacial score (nSPS) is 25.2. The summed E-state index contributed by atoms with van der Waals surface area (Å²) in [5.41, 5.74) is 19.3. The monoisotopic (exact) mass is 1840 g/mol. The van der Waals surface area contributed by atoms with E-state index in [-0.39, 0.29) is 63.8 Å². The molecule has 42 nitrogen and oxygen atoms in total. The molecule has 3 fully saturated rings. The summed E-state index contributed by atoms with van der Waals surface area (Å²) < 4.78 is 5.33. The van der Waals surface area contributed by atoms with Crippen LogP contribution in [0.2, 0.25) is 0 Å². The molecule has 43 heteroatoms. The second-order valence-electron chi connectivity index (χ2n) is 33.6. The number of ether oxygens (including phenoxy) is 1. The van der Waals surface area contributed by atoms with Crippen molar-refractivity contribution in [1.29, 1.82) is 0 Å². The highest BCUT2D eigenvalue weighted by atomic mass is 32.2. The van der Waals surface area contributed by atoms with Crippen LogP contribution in [0.3, 0.4) is 0 Å². The lowest BCUT2D eigenvalue weighted by molar-refractivity contribution is -0.149. The molecule has 3 aliphatic rings. The van der Waals surface area contributed by atoms with E-state index in [1.54, 1.807) is 99.0 Å². The molecule has 0 radical (unpaired) electrons. The number of aromatic nitrogens is 2. The van der Waals surface area contributed by atoms with Crippen LogP contribution in [0.5, 0.6) is 5.75 Å². The summed E-state index contributed by atoms with van der Waals surface area (Å²) >= 11 is 0.797. The van der Waals surface area contributed by atoms with E-state index in [0.29, 0.717) is 69.9 Å². The van der Waals surface area contributed by atoms with Crippen molar-refractivity contribution in [3.63, 3.8) is 0 Å². The number of nitrogens with one attached hydrogen (secondary N) is 12. The molecule has 5 heterocycles. The molecule has 2 aromatic heterocycles. The largest absolute Gasteiger partial charge is 0.497 e. The van der Waals surface area contributed by atoms with Crippen LogP contribution in [-0.2, 0) is 106 Å². The Morgan fingerprint density at radius 1 is 0.527 bits per heavy atom. The summed E-state index contributed by atoms with van der Waals surface area (Å²) in [6.07, 6.45) is 0.0747. The van der Waals surface area contributed by atoms with Gasteiger partial charge in [0, 0.05) is 106 Å². The second kappa shape index (κ2) is 49.3. The van der Waals surface area contributed by atoms with Crippen LogP contribution < -0.4 is 75.1 Å². The number of rotatable bonds is 25. The number of carbonyl (C=O) groups excluding carboxylic acids is 18. The molecule has 3 saturated heterocycles. The number of methoxy groups -OCH3 is 1. The van der Waals surface area contributed by atoms with Crippen LogP contribution in [-0.4, -0.2) is 319 Å². The summed E-state index contributed by atoms with van der Waals surface area (Å²) in [6, 6.07) is -2.28. The van der Waals surface area contributed by atoms with Crippen molar-refractivity contribution in [3.05, 3.63) is 102 Å². The van der Waals surface area contributed by atoms with Gasteiger partial charge in [-0.2, -0.15) is 0 Å². The Bertz CT molecular complexity index is 4930. The number of thioether (sulfide) groups is 1. The second-order valence-corrected chi connectivity index (χ2v) is 34.6. The van der Waals surface area contributed by atoms with E-state index in [1.807, 2.05) is 13.8 Å². The zero-order valence-corrected chi connectivity index (χ0v) is 75.9. The quantitative estimate of drug-likeness (QED) is 0.0268. The lowest BCUT2D eigenvalue weighted by atomic mass is 9.99. The number of carbonyl (C=O) groups is 18. The van der Waals surface area contributed by atoms with E-state index in [2.05, 4.69) is 63.1 Å². The first-order valence-corrected chi connectivity index (χ1v) is 44.9. The zero-order valence-electron chi connectivity index (χ0n) is 75.1. The Morgan fingerprint density at radius 3 is 1.60 bits per heavy atom. The van der Waals surface area contributed by atoms with Gasteiger partial charge in [-0.05, 0) is 92.3 Å². The van der Waals surface area contributed by atoms with Gasteiger partial charge in [0.05, 0.1) is 45.1 Å². The Labute approximate surface area is 761 Å². The SMILES string of the molecule is CCCC[C@H]1C(=O)N(C)[C@@H](CCCC)C(=O)N[C@@H](CC(C)C)C(=O)N[C@H](C(=O)NCC(N)=O)CSCC(=O)N[C@@H](Cc2ccc(OC)cc2)C(=O)N(C)[C@@H](C)C(=O)N[C@@H](CC(N)=O)C(=O)N2CCCC2C(=O)N[C@@H](CO)C(=O)N[C@@H](CCC(N)=O)C(=O)N2C[C@H](O)CC2C(=O)N[C@@H](Cc2c[nH]c3ccccc23)C(=O)NC(CO)C(=O)N[C@@H](Cc2c[nH]c3ccccc23)C(=O)N1C. The standard InChI is InChI=1S/C88H124N20O22S/c1-10-12-23-67-81(122)97-59(33-47(3)4)77(118)103-66(76(117)94-41-73(91)114)45-131-46-74(115)95-61(34-49-26-28-53(130-9)29-27-49)84(125)104(6)48(5)75(116)99-63(38-72(90)113)87(128)107-32-18-25-68(107)82(123)102-65(44-110)79(120)96-58(30-31-71(89)112)86(127)108-42-52(111)37-70(108)83(124)98-60(35-50-39-92-56-21-16-14-19-54(50)56)78(119)101-64(43-109)80(121)100-62(36-51-40-93-57-22-17-15-20-55(51)57)85(126)106(8)69(24-13-11-2)88(129)105(67)7/h14-17,19-22,26-29,39-40,47-48,52,58-70,92-93,109-111H,10-13,18,23-25,30-38,41-46H2,1-9H3,(H2,89,112)(H2,90,113)(H2,91,114)(H,94,117)(H,95,115)(H,96,120)(H,97,122)(H,98,124)(H,99,116)(H,100,121)(H,101,119)(H,102,123)(H,103,118)/t48-,52+,58-,59-,60-,61-,62-,63-,64?,65-,66-,67-,68?,69-,70?/m0/s1. The number of hydrogen-bond acceptors (Lipinski definition) is 23. The maximum Gasteiger partial charge on any atom is 0.246 e. The predicted octanol–water partition coefficient (Wildman–Crippen LogP) is -3.60. The van der Waals surface area contributed by atoms with Gasteiger partial charge in [0.2, 0.25) is 106 Å². The van der Waals surface area contributed by atoms with E-state index < -0.39 is 261 Å². The van der Waals surface area contributed by atoms with Crippen molar-refractivity contribution in [2.45, 2.75) is 228 Å². The van der Waals surface area contributed by atoms with Crippen LogP contribution in [0, 0.1) is 5.92 Å². The maximum absolute atomic E-state index is 15.7. The van der Waals surface area contributed by atoms with E-state index >= 15 is 33.6 Å². The van der Waals surface area contributed by atoms with Gasteiger partial charge < -0.3 is 125 Å². The molecule has 15 atom stereocenters. The number of aliphatic hydroxyl groups excluding tert-OH is 3. The first-order valence-electron chi connectivity index (χ1n) is 43.8. The fourth-order valence-electron chi connectivity index (χ4n) is 16.0. The number of H-pyrrole nitrogens is 2. The van der Waals surface area contributed by atoms with Crippen molar-refractivity contribution >= 4 is 140 Å². The average Bonchev–Trinajstić information content (AvgIpc) is 1.76. The fourth-order valence-corrected chi connectivity index (χ4v) is 16.9. The van der Waals surface area contributed by atoms with Gasteiger partial charge in [-0.15, -0.1) is 11.8 Å². The van der Waals surface area contributed by atoms with E-state index in [0.717, 1.165) is 31.4 Å². The fraction of sp³-hybridized carbons (Fsp3) is 0.545. The van der Waals surface area contributed by atoms with Crippen LogP contribution in [0.4, 0.5) is 0 Å². The molecule has 714 valence electrons. The molecule has 131 heavy (non-hydrogen) atoms. The Balaban J connectivity index is 1.18. The van der Waals surface area contributed by atoms with Crippen molar-refractivity contribution in [2.24, 2.45) is 23.1 Å². The lowest BCUT2D eigenvalue weighted by Gasteiger charge is -2.36. The van der Waals surface area contributed by atoms with Crippen LogP contribution in [0.25, 0.3) is 21.8 Å². The third-order valence-electron chi connectivity index (χ3n) is 23.4. The number of primary amides is 3. The summed E-state index contributed by atoms with van der Waals surface area (Å²) in [4.78, 5) is 272. The van der Waals surface area contributed by atoms with Gasteiger partial charge >= 0.3 is 0 Å². The summed E-state index contributed by atoms with van der Waals surface area (Å²) in [6.45, 7) is 4.72. The molecule has 3 aromatic carbocycles. The zero-order chi connectivity index (χ0) is 96.2. The average molecular weight is 1850 g/mol. The summed E-state index contributed by atoms with van der Waals surface area (Å²) in [5, 5.41) is 60.1. The van der Waals surface area contributed by atoms with Gasteiger partial charge in [0.15, 0.2) is 0 Å². The van der Waals surface area contributed by atoms with Crippen molar-refractivity contribution < 1.29 is 106 Å². The van der Waals surface area contributed by atoms with Crippen LogP contribution in [0.1, 0.15) is 135 Å². The minimum absolute atomic E-state index is 0.00349. The number of likely N-dealkylation sites (N-methyl/N-ethyl adjacent to an activating group) is 3. The minimum Gasteiger partial charge on any atom is -0.497 e. The van der Waals surface area contributed by atoms with Gasteiger partial charge in [0.25, 0.3) is 0 Å². The number of unbranched alkanes of at least 4 members (excludes halogenated alkanes) is 2. The molecule has 8 rings (SSSR count). The molecule has 3 unspecified atom stereocenters. The molecular weight excluding hydrogens is 1720 g/mol. The molecule has 0 bridgehead atoms. The first kappa shape index (κ1) is 104. The molecule has 21 N–H and O–H groups in total. The van der Waals surface area contributed by atoms with Gasteiger partial charge in [-0.25, -0.2) is 0 Å². The molecular formula is C88H124N20O22S. The maximum atomic E-state index is 15.7. The Morgan fingerprint density at radius 2 is 1.03 bits per heavy atom. The molecule has 5 aromatic rings. The van der Waals surface area contributed by atoms with Gasteiger partial charge in [0.1, 0.15) is 90.3 Å². The number of hydrogen-bond donors (Lipinski definition) is 18. The summed E-state index contributed by atoms with van der Waals surface area (Å²) in [7, 11) is 5.35. The molecule has 0 aliphatic carbocycles. The predicted molar refractivity (Wildman–Crippen MR) is 479 cm³/mol. The van der Waals surface area contributed by atoms with E-state index in [9.17, 15) is 68.1 Å². The van der Waals surface area contributed by atoms with E-state index in [4.69, 9.17) is 21.9 Å². The highest BCUT2D eigenvalue weighted by Crippen LogP contribution is 2.28. The number of para-hydroxylation sites is 2. The number of nitrogens with zero attached hydrogens (tertiary/aromatic N) is 5. The van der Waals surface area contributed by atoms with Crippen molar-refractivity contribution in [3.8, 4) is 5.75 Å². The number of benzene rings is 3. The smallest absolute Gasteiger partial charge is 0.246 e. The molecule has 3 aliphatic heterocycles. The minimum atomic E-state index is -1.94. The third kappa shape index (κ3) is 28.6. The lowest BCUT2D eigenvalue weighted by Crippen LogP contribution is -2.62. The highest BCUT2D eigenvalue weighted by Gasteiger charge is 2.47. The Kier molecular flexibility index (Phi) is 39.0. The number of amides is 18. The molecule has 0 saturated carbocycles. The highest BCUT2D eigenvalue weighted by molar-refractivity contribution is 8.00. The van der Waals surface area contributed by atoms with Gasteiger partial charge in [-0.3, -0.25) is 86.3 Å². The van der Waals surface area contributed by atoms with Crippen LogP contribution >= 0.6 is 11.8 Å². The van der Waals surface area contributed by atoms with Gasteiger partial charge in [-0.1, -0.05) is 102 Å². The topological polar surface area (TPSA) is 623 Å². The van der Waals surface area contributed by atoms with Crippen molar-refractivity contribution in [2.75, 3.05) is 72.6 Å². The Hall–Kier alpha value is -12.8. The van der Waals surface area contributed by atoms with Crippen molar-refractivity contribution in [1.82, 2.24) is 87.6 Å². The summed E-state index contributed by atoms with van der Waals surface area (Å²) in [5.74, 6) is -18.6. The van der Waals surface area contributed by atoms with Crippen LogP contribution in [0.15, 0.2) is 85.2 Å². The third-order valence-corrected chi connectivity index (χ3v) is 24.5. The van der Waals surface area contributed by atoms with E-state index in [1.165, 1.54) is 40.1 Å². The number of fused-ring (bicyclic) bond motifs is 4. The first-order chi connectivity index (χ1) is 62.3. The molecule has 18 amide bonds. The number of nitrogens with two attached hydrogens (primary N) is 3.